The Morgan fingerprint density at radius 3 is 3.08 bits per heavy atom. The van der Waals surface area contributed by atoms with Crippen LogP contribution in [-0.4, -0.2) is 25.7 Å². The molecule has 3 aromatic rings. The number of hydrogen-bond acceptors (Lipinski definition) is 3. The van der Waals surface area contributed by atoms with Gasteiger partial charge in [-0.25, -0.2) is 4.98 Å². The van der Waals surface area contributed by atoms with Gasteiger partial charge in [0, 0.05) is 30.6 Å². The van der Waals surface area contributed by atoms with E-state index in [2.05, 4.69) is 45.2 Å². The Bertz CT molecular complexity index is 981. The molecule has 134 valence electrons. The molecule has 0 bridgehead atoms. The van der Waals surface area contributed by atoms with Gasteiger partial charge in [-0.15, -0.1) is 0 Å². The third-order valence-corrected chi connectivity index (χ3v) is 5.70. The summed E-state index contributed by atoms with van der Waals surface area (Å²) in [6, 6.07) is 6.99. The number of aryl methyl sites for hydroxylation is 2. The number of hydrogen-bond donors (Lipinski definition) is 2. The Morgan fingerprint density at radius 2 is 2.23 bits per heavy atom. The monoisotopic (exact) mass is 349 g/mol. The number of nitrogens with zero attached hydrogens (tertiary/aromatic N) is 3. The van der Waals surface area contributed by atoms with Crippen LogP contribution in [0.1, 0.15) is 47.9 Å². The molecule has 1 unspecified atom stereocenters. The fraction of sp³-hybridized carbons (Fsp3) is 0.450. The van der Waals surface area contributed by atoms with Gasteiger partial charge in [-0.05, 0) is 55.9 Å². The number of aromatic amines is 1. The number of H-pyrrole nitrogens is 1. The molecule has 6 nitrogen and oxygen atoms in total. The van der Waals surface area contributed by atoms with E-state index in [9.17, 15) is 4.79 Å². The van der Waals surface area contributed by atoms with Crippen LogP contribution in [0, 0.1) is 12.8 Å². The number of benzene rings is 1. The number of nitrogens with one attached hydrogen (secondary N) is 2. The van der Waals surface area contributed by atoms with Gasteiger partial charge in [0.15, 0.2) is 0 Å². The quantitative estimate of drug-likeness (QED) is 0.760. The zero-order valence-corrected chi connectivity index (χ0v) is 15.0. The minimum atomic E-state index is 0.0306. The number of amides is 1. The number of aromatic nitrogens is 4. The summed E-state index contributed by atoms with van der Waals surface area (Å²) in [5.74, 6) is 1.24. The highest BCUT2D eigenvalue weighted by Crippen LogP contribution is 2.38. The molecule has 26 heavy (non-hydrogen) atoms. The van der Waals surface area contributed by atoms with Crippen LogP contribution in [0.2, 0.25) is 0 Å². The highest BCUT2D eigenvalue weighted by Gasteiger charge is 2.27. The van der Waals surface area contributed by atoms with Crippen molar-refractivity contribution in [2.75, 3.05) is 0 Å². The topological polar surface area (TPSA) is 75.6 Å². The first kappa shape index (κ1) is 15.6. The highest BCUT2D eigenvalue weighted by atomic mass is 16.1. The second-order valence-electron chi connectivity index (χ2n) is 7.61. The van der Waals surface area contributed by atoms with Crippen molar-refractivity contribution in [1.29, 1.82) is 0 Å². The van der Waals surface area contributed by atoms with E-state index in [-0.39, 0.29) is 11.8 Å². The molecule has 1 saturated carbocycles. The minimum Gasteiger partial charge on any atom is -0.352 e. The first-order valence-corrected chi connectivity index (χ1v) is 9.45. The Labute approximate surface area is 152 Å². The van der Waals surface area contributed by atoms with Crippen LogP contribution >= 0.6 is 0 Å². The molecule has 0 saturated heterocycles. The second kappa shape index (κ2) is 5.97. The minimum absolute atomic E-state index is 0.0306. The summed E-state index contributed by atoms with van der Waals surface area (Å²) in [5.41, 5.74) is 5.70. The van der Waals surface area contributed by atoms with Crippen LogP contribution in [0.4, 0.5) is 0 Å². The number of rotatable bonds is 4. The second-order valence-corrected chi connectivity index (χ2v) is 7.61. The summed E-state index contributed by atoms with van der Waals surface area (Å²) >= 11 is 0. The average Bonchev–Trinajstić information content (AvgIpc) is 3.26. The number of fused-ring (bicyclic) bond motifs is 2. The zero-order chi connectivity index (χ0) is 17.7. The van der Waals surface area contributed by atoms with Crippen molar-refractivity contribution in [1.82, 2.24) is 25.1 Å². The zero-order valence-electron chi connectivity index (χ0n) is 15.0. The standard InChI is InChI=1S/C20H23N5O/c1-12-23-18-8-13(2-7-19(18)25(12)16-5-6-16)10-21-20(26)14-3-4-15-11-22-24-17(15)9-14/h2,7-8,11,14,16H,3-6,9-10H2,1H3,(H,21,26)(H,22,24). The van der Waals surface area contributed by atoms with Gasteiger partial charge < -0.3 is 9.88 Å². The summed E-state index contributed by atoms with van der Waals surface area (Å²) in [6.07, 6.45) is 6.95. The maximum Gasteiger partial charge on any atom is 0.223 e. The van der Waals surface area contributed by atoms with Gasteiger partial charge in [0.25, 0.3) is 0 Å². The maximum absolute atomic E-state index is 12.6. The van der Waals surface area contributed by atoms with Gasteiger partial charge in [-0.2, -0.15) is 5.10 Å². The summed E-state index contributed by atoms with van der Waals surface area (Å²) < 4.78 is 2.35. The lowest BCUT2D eigenvalue weighted by molar-refractivity contribution is -0.125. The molecule has 2 heterocycles. The van der Waals surface area contributed by atoms with Crippen LogP contribution in [0.3, 0.4) is 0 Å². The van der Waals surface area contributed by atoms with Crippen LogP contribution in [-0.2, 0) is 24.2 Å². The van der Waals surface area contributed by atoms with Crippen molar-refractivity contribution in [3.8, 4) is 0 Å². The summed E-state index contributed by atoms with van der Waals surface area (Å²) in [4.78, 5) is 17.3. The van der Waals surface area contributed by atoms with Crippen molar-refractivity contribution in [3.05, 3.63) is 47.0 Å². The van der Waals surface area contributed by atoms with E-state index in [0.717, 1.165) is 41.9 Å². The fourth-order valence-corrected chi connectivity index (χ4v) is 4.13. The first-order valence-electron chi connectivity index (χ1n) is 9.45. The van der Waals surface area contributed by atoms with E-state index < -0.39 is 0 Å². The molecule has 6 heteroatoms. The molecule has 1 fully saturated rings. The molecular weight excluding hydrogens is 326 g/mol. The van der Waals surface area contributed by atoms with E-state index in [1.54, 1.807) is 0 Å². The van der Waals surface area contributed by atoms with E-state index in [1.807, 2.05) is 6.20 Å². The van der Waals surface area contributed by atoms with Gasteiger partial charge in [-0.3, -0.25) is 9.89 Å². The number of carbonyl (C=O) groups excluding carboxylic acids is 1. The van der Waals surface area contributed by atoms with Crippen LogP contribution in [0.15, 0.2) is 24.4 Å². The van der Waals surface area contributed by atoms with Crippen LogP contribution in [0.5, 0.6) is 0 Å². The molecule has 2 aliphatic rings. The smallest absolute Gasteiger partial charge is 0.223 e. The van der Waals surface area contributed by atoms with Crippen molar-refractivity contribution in [3.63, 3.8) is 0 Å². The van der Waals surface area contributed by atoms with Gasteiger partial charge in [0.05, 0.1) is 17.2 Å². The molecule has 2 aromatic heterocycles. The molecule has 1 aromatic carbocycles. The molecular formula is C20H23N5O. The highest BCUT2D eigenvalue weighted by molar-refractivity contribution is 5.80. The number of imidazole rings is 1. The SMILES string of the molecule is Cc1nc2cc(CNC(=O)C3CCc4cn[nH]c4C3)ccc2n1C1CC1. The van der Waals surface area contributed by atoms with E-state index in [0.29, 0.717) is 12.6 Å². The first-order chi connectivity index (χ1) is 12.7. The van der Waals surface area contributed by atoms with Crippen molar-refractivity contribution in [2.45, 2.75) is 51.6 Å². The largest absolute Gasteiger partial charge is 0.352 e. The Kier molecular flexibility index (Phi) is 3.58. The lowest BCUT2D eigenvalue weighted by Gasteiger charge is -2.20. The van der Waals surface area contributed by atoms with Crippen molar-refractivity contribution in [2.24, 2.45) is 5.92 Å². The molecule has 2 N–H and O–H groups in total. The molecule has 0 radical (unpaired) electrons. The Hall–Kier alpha value is -2.63. The maximum atomic E-state index is 12.6. The summed E-state index contributed by atoms with van der Waals surface area (Å²) in [6.45, 7) is 2.63. The van der Waals surface area contributed by atoms with E-state index in [1.165, 1.54) is 23.9 Å². The fourth-order valence-electron chi connectivity index (χ4n) is 4.13. The summed E-state index contributed by atoms with van der Waals surface area (Å²) in [7, 11) is 0. The van der Waals surface area contributed by atoms with Crippen molar-refractivity contribution < 1.29 is 4.79 Å². The van der Waals surface area contributed by atoms with Gasteiger partial charge in [0.2, 0.25) is 5.91 Å². The average molecular weight is 349 g/mol. The van der Waals surface area contributed by atoms with E-state index >= 15 is 0 Å². The predicted octanol–water partition coefficient (Wildman–Crippen LogP) is 2.82. The third-order valence-electron chi connectivity index (χ3n) is 5.70. The Morgan fingerprint density at radius 1 is 1.35 bits per heavy atom. The third kappa shape index (κ3) is 2.69. The Balaban J connectivity index is 1.27. The van der Waals surface area contributed by atoms with Gasteiger partial charge in [-0.1, -0.05) is 6.07 Å². The van der Waals surface area contributed by atoms with Gasteiger partial charge in [0.1, 0.15) is 5.82 Å². The normalized spacial score (nSPS) is 19.5. The van der Waals surface area contributed by atoms with Crippen LogP contribution < -0.4 is 5.32 Å². The van der Waals surface area contributed by atoms with Gasteiger partial charge >= 0.3 is 0 Å². The van der Waals surface area contributed by atoms with Crippen molar-refractivity contribution >= 4 is 16.9 Å². The molecule has 1 atom stereocenters. The van der Waals surface area contributed by atoms with Crippen LogP contribution in [0.25, 0.3) is 11.0 Å². The van der Waals surface area contributed by atoms with E-state index in [4.69, 9.17) is 4.98 Å². The molecule has 2 aliphatic carbocycles. The molecule has 0 spiro atoms. The lowest BCUT2D eigenvalue weighted by atomic mass is 9.87. The molecule has 5 rings (SSSR count). The molecule has 1 amide bonds. The lowest BCUT2D eigenvalue weighted by Crippen LogP contribution is -2.33. The summed E-state index contributed by atoms with van der Waals surface area (Å²) in [5, 5.41) is 10.2. The molecule has 0 aliphatic heterocycles. The predicted molar refractivity (Wildman–Crippen MR) is 98.7 cm³/mol. The number of carbonyl (C=O) groups is 1.